The second kappa shape index (κ2) is 12.7. The maximum absolute atomic E-state index is 6.85. The van der Waals surface area contributed by atoms with Crippen molar-refractivity contribution in [1.82, 2.24) is 0 Å². The first-order valence-electron chi connectivity index (χ1n) is 19.4. The Morgan fingerprint density at radius 3 is 1.81 bits per heavy atom. The van der Waals surface area contributed by atoms with Gasteiger partial charge in [-0.25, -0.2) is 0 Å². The van der Waals surface area contributed by atoms with E-state index in [2.05, 4.69) is 199 Å². The Balaban J connectivity index is 1.19. The fourth-order valence-corrected chi connectivity index (χ4v) is 10.4. The van der Waals surface area contributed by atoms with Crippen molar-refractivity contribution in [3.05, 3.63) is 200 Å². The second-order valence-corrected chi connectivity index (χ2v) is 15.8. The predicted octanol–water partition coefficient (Wildman–Crippen LogP) is 16.2. The molecule has 2 nitrogen and oxygen atoms in total. The van der Waals surface area contributed by atoms with Crippen LogP contribution in [0, 0.1) is 0 Å². The minimum atomic E-state index is 0.860. The smallest absolute Gasteiger partial charge is 0.159 e. The molecule has 0 radical (unpaired) electrons. The lowest BCUT2D eigenvalue weighted by molar-refractivity contribution is 0.669. The van der Waals surface area contributed by atoms with E-state index >= 15 is 0 Å². The van der Waals surface area contributed by atoms with E-state index < -0.39 is 0 Å². The number of fused-ring (bicyclic) bond motifs is 10. The molecule has 0 N–H and O–H groups in total. The van der Waals surface area contributed by atoms with Crippen molar-refractivity contribution in [2.75, 3.05) is 4.90 Å². The van der Waals surface area contributed by atoms with Crippen LogP contribution in [-0.2, 0) is 0 Å². The molecule has 0 fully saturated rings. The molecule has 0 aliphatic carbocycles. The molecular weight excluding hydrogens is 711 g/mol. The van der Waals surface area contributed by atoms with Crippen molar-refractivity contribution in [3.8, 4) is 22.3 Å². The molecular formula is C54H33NOS. The Kier molecular flexibility index (Phi) is 7.13. The van der Waals surface area contributed by atoms with Gasteiger partial charge < -0.3 is 9.32 Å². The molecule has 0 saturated carbocycles. The number of furan rings is 1. The molecule has 57 heavy (non-hydrogen) atoms. The summed E-state index contributed by atoms with van der Waals surface area (Å²) in [6.45, 7) is 0. The van der Waals surface area contributed by atoms with Crippen molar-refractivity contribution in [2.45, 2.75) is 0 Å². The Morgan fingerprint density at radius 2 is 0.965 bits per heavy atom. The van der Waals surface area contributed by atoms with Gasteiger partial charge in [-0.15, -0.1) is 11.3 Å². The van der Waals surface area contributed by atoms with E-state index in [0.29, 0.717) is 0 Å². The molecule has 0 bridgehead atoms. The molecule has 266 valence electrons. The fourth-order valence-electron chi connectivity index (χ4n) is 9.13. The van der Waals surface area contributed by atoms with Crippen LogP contribution < -0.4 is 4.90 Å². The predicted molar refractivity (Wildman–Crippen MR) is 245 cm³/mol. The fraction of sp³-hybridized carbons (Fsp3) is 0. The van der Waals surface area contributed by atoms with Crippen LogP contribution in [0.4, 0.5) is 17.1 Å². The molecule has 0 amide bonds. The third-order valence-corrected chi connectivity index (χ3v) is 12.9. The Hall–Kier alpha value is -7.20. The number of hydrogen-bond acceptors (Lipinski definition) is 3. The van der Waals surface area contributed by atoms with Gasteiger partial charge in [0.25, 0.3) is 0 Å². The van der Waals surface area contributed by atoms with Gasteiger partial charge >= 0.3 is 0 Å². The van der Waals surface area contributed by atoms with Crippen LogP contribution in [-0.4, -0.2) is 0 Å². The lowest BCUT2D eigenvalue weighted by Gasteiger charge is -2.31. The van der Waals surface area contributed by atoms with E-state index in [9.17, 15) is 0 Å². The third kappa shape index (κ3) is 4.89. The van der Waals surface area contributed by atoms with Crippen LogP contribution in [0.1, 0.15) is 0 Å². The molecule has 3 heteroatoms. The highest BCUT2D eigenvalue weighted by molar-refractivity contribution is 7.26. The summed E-state index contributed by atoms with van der Waals surface area (Å²) in [6, 6.07) is 72.7. The summed E-state index contributed by atoms with van der Waals surface area (Å²) in [7, 11) is 0. The first kappa shape index (κ1) is 32.1. The van der Waals surface area contributed by atoms with Gasteiger partial charge in [-0.05, 0) is 74.0 Å². The second-order valence-electron chi connectivity index (χ2n) is 14.8. The molecule has 10 aromatic carbocycles. The Labute approximate surface area is 333 Å². The third-order valence-electron chi connectivity index (χ3n) is 11.7. The van der Waals surface area contributed by atoms with Crippen molar-refractivity contribution in [1.29, 1.82) is 0 Å². The van der Waals surface area contributed by atoms with Crippen LogP contribution in [0.15, 0.2) is 205 Å². The van der Waals surface area contributed by atoms with Gasteiger partial charge in [-0.1, -0.05) is 170 Å². The van der Waals surface area contributed by atoms with Gasteiger partial charge in [-0.2, -0.15) is 0 Å². The molecule has 0 spiro atoms. The van der Waals surface area contributed by atoms with E-state index in [1.807, 2.05) is 17.4 Å². The van der Waals surface area contributed by atoms with E-state index in [1.54, 1.807) is 0 Å². The van der Waals surface area contributed by atoms with Crippen LogP contribution in [0.2, 0.25) is 0 Å². The van der Waals surface area contributed by atoms with Crippen molar-refractivity contribution in [2.24, 2.45) is 0 Å². The summed E-state index contributed by atoms with van der Waals surface area (Å²) in [5, 5.41) is 12.1. The SMILES string of the molecule is c1ccc2c(-c3c(N(c4ccc(-c5cccc6c5sc5ccccc56)cc4)c4cccc5c4oc4ccccc45)c4ccccc4c4ccccc34)cccc2c1. The number of thiophene rings is 1. The highest BCUT2D eigenvalue weighted by Gasteiger charge is 2.27. The maximum Gasteiger partial charge on any atom is 0.159 e. The molecule has 2 heterocycles. The number of para-hydroxylation sites is 2. The average molecular weight is 744 g/mol. The highest BCUT2D eigenvalue weighted by atomic mass is 32.1. The number of benzene rings is 10. The van der Waals surface area contributed by atoms with E-state index in [-0.39, 0.29) is 0 Å². The summed E-state index contributed by atoms with van der Waals surface area (Å²) >= 11 is 1.87. The summed E-state index contributed by atoms with van der Waals surface area (Å²) in [4.78, 5) is 2.46. The molecule has 0 atom stereocenters. The standard InChI is InChI=1S/C54H33NOS/c1-2-16-37-34(14-1)15-11-24-43(37)51-44-21-5-3-17-39(44)40-18-4-6-22-45(40)52(51)55(48-27-13-25-46-41-19-7-9-28-49(41)56-53(46)48)36-32-30-35(31-33-36)38-23-12-26-47-42-20-8-10-29-50(42)57-54(38)47/h1-33H. The zero-order valence-corrected chi connectivity index (χ0v) is 31.6. The summed E-state index contributed by atoms with van der Waals surface area (Å²) in [6.07, 6.45) is 0. The molecule has 0 unspecified atom stereocenters. The quantitative estimate of drug-likeness (QED) is 0.163. The van der Waals surface area contributed by atoms with Gasteiger partial charge in [0.2, 0.25) is 0 Å². The summed E-state index contributed by atoms with van der Waals surface area (Å²) < 4.78 is 9.48. The normalized spacial score (nSPS) is 11.9. The topological polar surface area (TPSA) is 16.4 Å². The largest absolute Gasteiger partial charge is 0.454 e. The van der Waals surface area contributed by atoms with Crippen LogP contribution in [0.5, 0.6) is 0 Å². The molecule has 0 saturated heterocycles. The minimum absolute atomic E-state index is 0.860. The van der Waals surface area contributed by atoms with Gasteiger partial charge in [0.1, 0.15) is 5.58 Å². The summed E-state index contributed by atoms with van der Waals surface area (Å²) in [5.41, 5.74) is 9.72. The number of hydrogen-bond donors (Lipinski definition) is 0. The number of rotatable bonds is 5. The maximum atomic E-state index is 6.85. The lowest BCUT2D eigenvalue weighted by atomic mass is 9.88. The van der Waals surface area contributed by atoms with Crippen molar-refractivity contribution >= 4 is 103 Å². The van der Waals surface area contributed by atoms with Gasteiger partial charge in [-0.3, -0.25) is 0 Å². The van der Waals surface area contributed by atoms with E-state index in [1.165, 1.54) is 74.7 Å². The molecule has 12 aromatic rings. The van der Waals surface area contributed by atoms with E-state index in [0.717, 1.165) is 39.0 Å². The zero-order chi connectivity index (χ0) is 37.5. The van der Waals surface area contributed by atoms with Crippen molar-refractivity contribution < 1.29 is 4.42 Å². The number of nitrogens with zero attached hydrogens (tertiary/aromatic N) is 1. The van der Waals surface area contributed by atoms with E-state index in [4.69, 9.17) is 4.42 Å². The monoisotopic (exact) mass is 743 g/mol. The summed E-state index contributed by atoms with van der Waals surface area (Å²) in [5.74, 6) is 0. The Bertz CT molecular complexity index is 3530. The molecule has 2 aromatic heterocycles. The number of anilines is 3. The highest BCUT2D eigenvalue weighted by Crippen LogP contribution is 2.52. The first-order valence-corrected chi connectivity index (χ1v) is 20.2. The Morgan fingerprint density at radius 1 is 0.386 bits per heavy atom. The van der Waals surface area contributed by atoms with Crippen LogP contribution >= 0.6 is 11.3 Å². The van der Waals surface area contributed by atoms with Crippen LogP contribution in [0.25, 0.3) is 96.7 Å². The zero-order valence-electron chi connectivity index (χ0n) is 30.8. The molecule has 0 aliphatic heterocycles. The molecule has 12 rings (SSSR count). The van der Waals surface area contributed by atoms with Crippen LogP contribution in [0.3, 0.4) is 0 Å². The van der Waals surface area contributed by atoms with Gasteiger partial charge in [0.05, 0.1) is 11.4 Å². The lowest BCUT2D eigenvalue weighted by Crippen LogP contribution is -2.12. The first-order chi connectivity index (χ1) is 28.3. The van der Waals surface area contributed by atoms with Crippen molar-refractivity contribution in [3.63, 3.8) is 0 Å². The minimum Gasteiger partial charge on any atom is -0.454 e. The van der Waals surface area contributed by atoms with Gasteiger partial charge in [0, 0.05) is 47.6 Å². The van der Waals surface area contributed by atoms with Gasteiger partial charge in [0.15, 0.2) is 5.58 Å². The molecule has 0 aliphatic rings. The average Bonchev–Trinajstić information content (AvgIpc) is 3.86.